The molecule has 1 aliphatic heterocycles. The summed E-state index contributed by atoms with van der Waals surface area (Å²) in [5, 5.41) is 15.9. The van der Waals surface area contributed by atoms with Crippen molar-refractivity contribution in [1.29, 1.82) is 0 Å². The molecule has 1 heterocycles. The molecule has 0 radical (unpaired) electrons. The Morgan fingerprint density at radius 1 is 1.40 bits per heavy atom. The highest BCUT2D eigenvalue weighted by Crippen LogP contribution is 2.25. The fraction of sp³-hybridized carbons (Fsp3) is 0.933. The van der Waals surface area contributed by atoms with Crippen LogP contribution in [0.1, 0.15) is 45.4 Å². The van der Waals surface area contributed by atoms with Gasteiger partial charge in [0.15, 0.2) is 0 Å². The third-order valence-electron chi connectivity index (χ3n) is 4.30. The van der Waals surface area contributed by atoms with E-state index in [-0.39, 0.29) is 11.9 Å². The van der Waals surface area contributed by atoms with E-state index >= 15 is 0 Å². The lowest BCUT2D eigenvalue weighted by atomic mass is 9.89. The molecule has 0 aromatic carbocycles. The number of carbonyl (C=O) groups is 1. The van der Waals surface area contributed by atoms with Crippen molar-refractivity contribution in [2.75, 3.05) is 19.7 Å². The summed E-state index contributed by atoms with van der Waals surface area (Å²) < 4.78 is 5.79. The largest absolute Gasteiger partial charge is 0.389 e. The highest BCUT2D eigenvalue weighted by Gasteiger charge is 2.23. The minimum Gasteiger partial charge on any atom is -0.389 e. The monoisotopic (exact) mass is 284 g/mol. The van der Waals surface area contributed by atoms with Gasteiger partial charge in [-0.2, -0.15) is 0 Å². The molecular formula is C15H28N2O3. The van der Waals surface area contributed by atoms with Crippen LogP contribution in [0, 0.1) is 5.92 Å². The summed E-state index contributed by atoms with van der Waals surface area (Å²) >= 11 is 0. The Morgan fingerprint density at radius 3 is 3.00 bits per heavy atom. The quantitative estimate of drug-likeness (QED) is 0.675. The third-order valence-corrected chi connectivity index (χ3v) is 4.30. The normalized spacial score (nSPS) is 32.7. The zero-order valence-corrected chi connectivity index (χ0v) is 12.4. The number of piperidine rings is 1. The Balaban J connectivity index is 1.60. The van der Waals surface area contributed by atoms with Gasteiger partial charge in [0.1, 0.15) is 0 Å². The molecule has 2 rings (SSSR count). The molecule has 4 atom stereocenters. The van der Waals surface area contributed by atoms with Crippen LogP contribution >= 0.6 is 0 Å². The molecule has 2 aliphatic rings. The van der Waals surface area contributed by atoms with E-state index in [2.05, 4.69) is 17.6 Å². The van der Waals surface area contributed by atoms with Crippen molar-refractivity contribution in [2.24, 2.45) is 5.92 Å². The van der Waals surface area contributed by atoms with E-state index in [4.69, 9.17) is 4.74 Å². The van der Waals surface area contributed by atoms with Crippen LogP contribution in [0.15, 0.2) is 0 Å². The highest BCUT2D eigenvalue weighted by atomic mass is 16.5. The SMILES string of the molecule is CC1CCCC(OCC(O)CNC2CCCNC2=O)C1. The number of rotatable bonds is 6. The minimum absolute atomic E-state index is 0.0467. The van der Waals surface area contributed by atoms with E-state index in [0.717, 1.165) is 38.1 Å². The Bertz CT molecular complexity index is 311. The molecule has 1 aliphatic carbocycles. The molecule has 2 fully saturated rings. The first-order chi connectivity index (χ1) is 9.65. The van der Waals surface area contributed by atoms with Gasteiger partial charge in [-0.3, -0.25) is 4.79 Å². The topological polar surface area (TPSA) is 70.6 Å². The lowest BCUT2D eigenvalue weighted by molar-refractivity contribution is -0.124. The molecule has 3 N–H and O–H groups in total. The number of aliphatic hydroxyl groups excluding tert-OH is 1. The summed E-state index contributed by atoms with van der Waals surface area (Å²) in [4.78, 5) is 11.6. The number of aliphatic hydroxyl groups is 1. The predicted molar refractivity (Wildman–Crippen MR) is 77.4 cm³/mol. The van der Waals surface area contributed by atoms with Crippen LogP contribution in [0.25, 0.3) is 0 Å². The van der Waals surface area contributed by atoms with Crippen molar-refractivity contribution >= 4 is 5.91 Å². The van der Waals surface area contributed by atoms with Gasteiger partial charge in [-0.25, -0.2) is 0 Å². The smallest absolute Gasteiger partial charge is 0.237 e. The van der Waals surface area contributed by atoms with Gasteiger partial charge in [0.05, 0.1) is 24.9 Å². The van der Waals surface area contributed by atoms with E-state index < -0.39 is 6.10 Å². The summed E-state index contributed by atoms with van der Waals surface area (Å²) in [6, 6.07) is -0.159. The predicted octanol–water partition coefficient (Wildman–Crippen LogP) is 0.811. The van der Waals surface area contributed by atoms with Crippen LogP contribution in [0.4, 0.5) is 0 Å². The maximum atomic E-state index is 11.6. The maximum Gasteiger partial charge on any atom is 0.237 e. The van der Waals surface area contributed by atoms with Crippen LogP contribution in [0.3, 0.4) is 0 Å². The molecule has 0 bridgehead atoms. The molecule has 0 spiro atoms. The fourth-order valence-corrected chi connectivity index (χ4v) is 3.08. The minimum atomic E-state index is -0.540. The summed E-state index contributed by atoms with van der Waals surface area (Å²) in [6.07, 6.45) is 6.33. The molecule has 4 unspecified atom stereocenters. The average molecular weight is 284 g/mol. The standard InChI is InChI=1S/C15H28N2O3/c1-11-4-2-5-13(8-11)20-10-12(18)9-17-14-6-3-7-16-15(14)19/h11-14,17-18H,2-10H2,1H3,(H,16,19). The van der Waals surface area contributed by atoms with Crippen molar-refractivity contribution in [1.82, 2.24) is 10.6 Å². The maximum absolute atomic E-state index is 11.6. The van der Waals surface area contributed by atoms with Crippen molar-refractivity contribution < 1.29 is 14.6 Å². The number of nitrogens with one attached hydrogen (secondary N) is 2. The van der Waals surface area contributed by atoms with Gasteiger partial charge in [-0.05, 0) is 31.6 Å². The highest BCUT2D eigenvalue weighted by molar-refractivity contribution is 5.82. The Morgan fingerprint density at radius 2 is 2.25 bits per heavy atom. The van der Waals surface area contributed by atoms with Crippen molar-refractivity contribution in [3.05, 3.63) is 0 Å². The van der Waals surface area contributed by atoms with Crippen LogP contribution in [0.2, 0.25) is 0 Å². The number of amides is 1. The van der Waals surface area contributed by atoms with Crippen molar-refractivity contribution in [2.45, 2.75) is 63.7 Å². The Labute approximate surface area is 121 Å². The summed E-state index contributed by atoms with van der Waals surface area (Å²) in [6.45, 7) is 3.80. The van der Waals surface area contributed by atoms with Gasteiger partial charge in [-0.1, -0.05) is 19.8 Å². The molecule has 1 amide bonds. The van der Waals surface area contributed by atoms with Gasteiger partial charge in [0, 0.05) is 13.1 Å². The number of hydrogen-bond donors (Lipinski definition) is 3. The molecule has 20 heavy (non-hydrogen) atoms. The Hall–Kier alpha value is -0.650. The molecule has 0 aromatic rings. The van der Waals surface area contributed by atoms with Gasteiger partial charge in [0.2, 0.25) is 5.91 Å². The molecule has 5 nitrogen and oxygen atoms in total. The lowest BCUT2D eigenvalue weighted by Gasteiger charge is -2.28. The second-order valence-electron chi connectivity index (χ2n) is 6.28. The Kier molecular flexibility index (Phi) is 6.26. The first-order valence-electron chi connectivity index (χ1n) is 7.96. The third kappa shape index (κ3) is 5.04. The molecule has 116 valence electrons. The van der Waals surface area contributed by atoms with E-state index in [1.54, 1.807) is 0 Å². The number of carbonyl (C=O) groups excluding carboxylic acids is 1. The van der Waals surface area contributed by atoms with E-state index in [1.807, 2.05) is 0 Å². The van der Waals surface area contributed by atoms with Crippen LogP contribution < -0.4 is 10.6 Å². The molecule has 0 aromatic heterocycles. The second kappa shape index (κ2) is 7.96. The first-order valence-corrected chi connectivity index (χ1v) is 7.96. The number of hydrogen-bond acceptors (Lipinski definition) is 4. The number of ether oxygens (including phenoxy) is 1. The van der Waals surface area contributed by atoms with Gasteiger partial charge < -0.3 is 20.5 Å². The zero-order valence-electron chi connectivity index (χ0n) is 12.4. The molecule has 1 saturated heterocycles. The van der Waals surface area contributed by atoms with E-state index in [9.17, 15) is 9.90 Å². The van der Waals surface area contributed by atoms with Crippen LogP contribution in [-0.2, 0) is 9.53 Å². The van der Waals surface area contributed by atoms with E-state index in [0.29, 0.717) is 19.3 Å². The second-order valence-corrected chi connectivity index (χ2v) is 6.28. The van der Waals surface area contributed by atoms with Crippen molar-refractivity contribution in [3.8, 4) is 0 Å². The molecule has 5 heteroatoms. The summed E-state index contributed by atoms with van der Waals surface area (Å²) in [7, 11) is 0. The first kappa shape index (κ1) is 15.7. The molecular weight excluding hydrogens is 256 g/mol. The lowest BCUT2D eigenvalue weighted by Crippen LogP contribution is -2.50. The zero-order chi connectivity index (χ0) is 14.4. The van der Waals surface area contributed by atoms with Crippen molar-refractivity contribution in [3.63, 3.8) is 0 Å². The van der Waals surface area contributed by atoms with Gasteiger partial charge in [-0.15, -0.1) is 0 Å². The molecule has 1 saturated carbocycles. The van der Waals surface area contributed by atoms with Crippen LogP contribution in [0.5, 0.6) is 0 Å². The van der Waals surface area contributed by atoms with Gasteiger partial charge in [0.25, 0.3) is 0 Å². The van der Waals surface area contributed by atoms with E-state index in [1.165, 1.54) is 12.8 Å². The average Bonchev–Trinajstić information content (AvgIpc) is 2.44. The van der Waals surface area contributed by atoms with Crippen LogP contribution in [-0.4, -0.2) is 49.0 Å². The van der Waals surface area contributed by atoms with Gasteiger partial charge >= 0.3 is 0 Å². The summed E-state index contributed by atoms with van der Waals surface area (Å²) in [5.41, 5.74) is 0. The summed E-state index contributed by atoms with van der Waals surface area (Å²) in [5.74, 6) is 0.778. The fourth-order valence-electron chi connectivity index (χ4n) is 3.08.